The number of carbonyl (C=O) groups is 1. The minimum atomic E-state index is -4.76. The van der Waals surface area contributed by atoms with Crippen LogP contribution < -0.4 is 9.47 Å². The minimum Gasteiger partial charge on any atom is -0.423 e. The minimum absolute atomic E-state index is 0.147. The highest BCUT2D eigenvalue weighted by Gasteiger charge is 2.31. The van der Waals surface area contributed by atoms with Gasteiger partial charge in [0.1, 0.15) is 11.5 Å². The number of hydrogen-bond acceptors (Lipinski definition) is 3. The van der Waals surface area contributed by atoms with Crippen molar-refractivity contribution >= 4 is 5.97 Å². The van der Waals surface area contributed by atoms with Gasteiger partial charge in [-0.05, 0) is 92.3 Å². The van der Waals surface area contributed by atoms with Crippen molar-refractivity contribution < 1.29 is 27.4 Å². The van der Waals surface area contributed by atoms with Gasteiger partial charge in [0.15, 0.2) is 0 Å². The second-order valence-electron chi connectivity index (χ2n) is 9.35. The normalized spacial score (nSPS) is 18.5. The van der Waals surface area contributed by atoms with Gasteiger partial charge in [-0.1, -0.05) is 56.9 Å². The molecule has 0 spiro atoms. The van der Waals surface area contributed by atoms with Crippen molar-refractivity contribution in [2.24, 2.45) is 11.8 Å². The van der Waals surface area contributed by atoms with E-state index in [1.807, 2.05) is 12.1 Å². The van der Waals surface area contributed by atoms with Gasteiger partial charge < -0.3 is 9.47 Å². The van der Waals surface area contributed by atoms with Crippen molar-refractivity contribution in [1.82, 2.24) is 0 Å². The van der Waals surface area contributed by atoms with E-state index in [0.717, 1.165) is 36.5 Å². The lowest BCUT2D eigenvalue weighted by molar-refractivity contribution is -0.274. The smallest absolute Gasteiger partial charge is 0.423 e. The monoisotopic (exact) mass is 488 g/mol. The van der Waals surface area contributed by atoms with E-state index >= 15 is 0 Å². The van der Waals surface area contributed by atoms with Crippen LogP contribution in [0.5, 0.6) is 11.5 Å². The van der Waals surface area contributed by atoms with Gasteiger partial charge in [-0.25, -0.2) is 4.79 Å². The Balaban J connectivity index is 1.38. The van der Waals surface area contributed by atoms with Crippen LogP contribution in [-0.2, 0) is 6.42 Å². The molecule has 0 aromatic heterocycles. The average molecular weight is 489 g/mol. The first-order valence-corrected chi connectivity index (χ1v) is 12.7. The Labute approximate surface area is 206 Å². The molecule has 0 aliphatic heterocycles. The number of rotatable bonds is 11. The number of alkyl halides is 3. The van der Waals surface area contributed by atoms with Crippen LogP contribution in [0.25, 0.3) is 0 Å². The van der Waals surface area contributed by atoms with E-state index in [1.54, 1.807) is 12.1 Å². The van der Waals surface area contributed by atoms with Crippen LogP contribution in [0.2, 0.25) is 0 Å². The van der Waals surface area contributed by atoms with Gasteiger partial charge in [0.2, 0.25) is 0 Å². The van der Waals surface area contributed by atoms with E-state index in [4.69, 9.17) is 4.74 Å². The maximum atomic E-state index is 12.3. The van der Waals surface area contributed by atoms with Crippen LogP contribution in [-0.4, -0.2) is 12.3 Å². The second kappa shape index (κ2) is 13.4. The van der Waals surface area contributed by atoms with Gasteiger partial charge in [-0.15, -0.1) is 13.2 Å². The molecule has 3 rings (SSSR count). The van der Waals surface area contributed by atoms with Crippen LogP contribution in [0, 0.1) is 11.8 Å². The van der Waals surface area contributed by atoms with Crippen molar-refractivity contribution in [1.29, 1.82) is 0 Å². The lowest BCUT2D eigenvalue weighted by Crippen LogP contribution is -2.17. The number of halogens is 3. The van der Waals surface area contributed by atoms with Gasteiger partial charge >= 0.3 is 12.3 Å². The Bertz CT molecular complexity index is 925. The molecule has 190 valence electrons. The molecule has 1 aliphatic carbocycles. The van der Waals surface area contributed by atoms with Gasteiger partial charge in [0.25, 0.3) is 0 Å². The average Bonchev–Trinajstić information content (AvgIpc) is 2.83. The predicted molar refractivity (Wildman–Crippen MR) is 132 cm³/mol. The summed E-state index contributed by atoms with van der Waals surface area (Å²) in [5.41, 5.74) is 1.52. The first kappa shape index (κ1) is 26.8. The van der Waals surface area contributed by atoms with E-state index in [0.29, 0.717) is 11.5 Å². The Morgan fingerprint density at radius 1 is 0.943 bits per heavy atom. The number of esters is 1. The molecular weight excluding hydrogens is 453 g/mol. The summed E-state index contributed by atoms with van der Waals surface area (Å²) >= 11 is 0. The summed E-state index contributed by atoms with van der Waals surface area (Å²) in [6, 6.07) is 12.0. The zero-order chi connectivity index (χ0) is 25.1. The van der Waals surface area contributed by atoms with Gasteiger partial charge in [0, 0.05) is 0 Å². The summed E-state index contributed by atoms with van der Waals surface area (Å²) in [6.45, 7) is 2.26. The fourth-order valence-corrected chi connectivity index (χ4v) is 4.57. The van der Waals surface area contributed by atoms with Gasteiger partial charge in [0.05, 0.1) is 5.56 Å². The SMILES string of the molecule is CCCCC[C@H]1CC[C@H](C=CCCc2ccc(C(=O)Oc3ccc(OC(F)(F)F)cc3)cc2)CC1. The lowest BCUT2D eigenvalue weighted by atomic mass is 9.79. The summed E-state index contributed by atoms with van der Waals surface area (Å²) in [5.74, 6) is 0.855. The summed E-state index contributed by atoms with van der Waals surface area (Å²) < 4.78 is 45.8. The first-order valence-electron chi connectivity index (χ1n) is 12.7. The van der Waals surface area contributed by atoms with E-state index < -0.39 is 12.3 Å². The standard InChI is InChI=1S/C29H35F3O3/c1-2-3-4-7-22-10-12-23(13-11-22)8-5-6-9-24-14-16-25(17-15-24)28(33)34-26-18-20-27(21-19-26)35-29(30,31)32/h5,8,14-23H,2-4,6-7,9-13H2,1H3/t22-,23-. The number of carbonyl (C=O) groups excluding carboxylic acids is 1. The molecule has 0 radical (unpaired) electrons. The highest BCUT2D eigenvalue weighted by atomic mass is 19.4. The molecular formula is C29H35F3O3. The molecule has 2 aromatic carbocycles. The molecule has 0 amide bonds. The Morgan fingerprint density at radius 3 is 2.23 bits per heavy atom. The molecule has 0 atom stereocenters. The molecule has 0 bridgehead atoms. The number of benzene rings is 2. The van der Waals surface area contributed by atoms with Crippen molar-refractivity contribution in [3.05, 3.63) is 71.8 Å². The molecule has 2 aromatic rings. The predicted octanol–water partition coefficient (Wildman–Crippen LogP) is 8.68. The molecule has 1 fully saturated rings. The van der Waals surface area contributed by atoms with E-state index in [1.165, 1.54) is 63.5 Å². The fourth-order valence-electron chi connectivity index (χ4n) is 4.57. The molecule has 0 unspecified atom stereocenters. The Morgan fingerprint density at radius 2 is 1.60 bits per heavy atom. The van der Waals surface area contributed by atoms with Gasteiger partial charge in [-0.3, -0.25) is 0 Å². The number of hydrogen-bond donors (Lipinski definition) is 0. The van der Waals surface area contributed by atoms with E-state index in [2.05, 4.69) is 23.8 Å². The molecule has 3 nitrogen and oxygen atoms in total. The van der Waals surface area contributed by atoms with Crippen LogP contribution in [0.4, 0.5) is 13.2 Å². The molecule has 35 heavy (non-hydrogen) atoms. The zero-order valence-corrected chi connectivity index (χ0v) is 20.4. The second-order valence-corrected chi connectivity index (χ2v) is 9.35. The molecule has 1 aliphatic rings. The van der Waals surface area contributed by atoms with Crippen LogP contribution in [0.15, 0.2) is 60.7 Å². The van der Waals surface area contributed by atoms with Crippen molar-refractivity contribution in [2.45, 2.75) is 77.5 Å². The molecule has 0 heterocycles. The number of aryl methyl sites for hydroxylation is 1. The van der Waals surface area contributed by atoms with E-state index in [-0.39, 0.29) is 11.5 Å². The fraction of sp³-hybridized carbons (Fsp3) is 0.483. The van der Waals surface area contributed by atoms with Gasteiger partial charge in [-0.2, -0.15) is 0 Å². The van der Waals surface area contributed by atoms with Crippen LogP contribution in [0.3, 0.4) is 0 Å². The molecule has 0 N–H and O–H groups in total. The largest absolute Gasteiger partial charge is 0.573 e. The third-order valence-electron chi connectivity index (χ3n) is 6.57. The quantitative estimate of drug-likeness (QED) is 0.137. The summed E-state index contributed by atoms with van der Waals surface area (Å²) in [4.78, 5) is 12.3. The third kappa shape index (κ3) is 9.79. The zero-order valence-electron chi connectivity index (χ0n) is 20.4. The van der Waals surface area contributed by atoms with E-state index in [9.17, 15) is 18.0 Å². The Kier molecular flexibility index (Phi) is 10.2. The maximum absolute atomic E-state index is 12.3. The highest BCUT2D eigenvalue weighted by molar-refractivity contribution is 5.91. The topological polar surface area (TPSA) is 35.5 Å². The third-order valence-corrected chi connectivity index (χ3v) is 6.57. The summed E-state index contributed by atoms with van der Waals surface area (Å²) in [5, 5.41) is 0. The number of unbranched alkanes of at least 4 members (excludes halogenated alkanes) is 2. The van der Waals surface area contributed by atoms with Crippen molar-refractivity contribution in [3.8, 4) is 11.5 Å². The molecule has 1 saturated carbocycles. The Hall–Kier alpha value is -2.76. The maximum Gasteiger partial charge on any atom is 0.573 e. The van der Waals surface area contributed by atoms with Crippen LogP contribution in [0.1, 0.15) is 80.6 Å². The summed E-state index contributed by atoms with van der Waals surface area (Å²) in [7, 11) is 0. The molecule has 0 saturated heterocycles. The van der Waals surface area contributed by atoms with Crippen LogP contribution >= 0.6 is 0 Å². The lowest BCUT2D eigenvalue weighted by Gasteiger charge is -2.26. The number of ether oxygens (including phenoxy) is 2. The molecule has 6 heteroatoms. The highest BCUT2D eigenvalue weighted by Crippen LogP contribution is 2.32. The number of allylic oxidation sites excluding steroid dienone is 2. The first-order chi connectivity index (χ1) is 16.8. The van der Waals surface area contributed by atoms with Crippen molar-refractivity contribution in [3.63, 3.8) is 0 Å². The summed E-state index contributed by atoms with van der Waals surface area (Å²) in [6.07, 6.45) is 12.6. The van der Waals surface area contributed by atoms with Crippen molar-refractivity contribution in [2.75, 3.05) is 0 Å².